The molecule has 1 aromatic rings. The van der Waals surface area contributed by atoms with Gasteiger partial charge >= 0.3 is 5.97 Å². The standard InChI is InChI=1S/C14H21NO3/c1-3-14(2,13(16)17)10-15(11-6-7-11)9-12-5-4-8-18-12/h4-5,8,11H,3,6-7,9-10H2,1-2H3,(H,16,17). The summed E-state index contributed by atoms with van der Waals surface area (Å²) in [6, 6.07) is 4.34. The van der Waals surface area contributed by atoms with E-state index < -0.39 is 11.4 Å². The zero-order valence-electron chi connectivity index (χ0n) is 11.1. The Morgan fingerprint density at radius 3 is 2.78 bits per heavy atom. The van der Waals surface area contributed by atoms with Crippen LogP contribution in [0.15, 0.2) is 22.8 Å². The molecule has 1 saturated carbocycles. The lowest BCUT2D eigenvalue weighted by molar-refractivity contribution is -0.149. The van der Waals surface area contributed by atoms with Gasteiger partial charge in [0.2, 0.25) is 0 Å². The number of rotatable bonds is 7. The van der Waals surface area contributed by atoms with Gasteiger partial charge in [0, 0.05) is 12.6 Å². The average molecular weight is 251 g/mol. The van der Waals surface area contributed by atoms with Gasteiger partial charge in [-0.05, 0) is 38.3 Å². The molecule has 4 nitrogen and oxygen atoms in total. The maximum absolute atomic E-state index is 11.4. The Hall–Kier alpha value is -1.29. The molecule has 1 heterocycles. The van der Waals surface area contributed by atoms with Crippen LogP contribution in [-0.2, 0) is 11.3 Å². The minimum atomic E-state index is -0.713. The molecule has 1 aliphatic carbocycles. The van der Waals surface area contributed by atoms with Crippen LogP contribution in [0.4, 0.5) is 0 Å². The molecule has 0 radical (unpaired) electrons. The maximum atomic E-state index is 11.4. The van der Waals surface area contributed by atoms with E-state index in [0.29, 0.717) is 25.6 Å². The number of aliphatic carboxylic acids is 1. The highest BCUT2D eigenvalue weighted by Crippen LogP contribution is 2.33. The summed E-state index contributed by atoms with van der Waals surface area (Å²) in [4.78, 5) is 13.6. The van der Waals surface area contributed by atoms with Gasteiger partial charge in [0.1, 0.15) is 5.76 Å². The summed E-state index contributed by atoms with van der Waals surface area (Å²) in [6.07, 6.45) is 4.64. The second kappa shape index (κ2) is 5.14. The number of nitrogens with zero attached hydrogens (tertiary/aromatic N) is 1. The molecule has 0 amide bonds. The highest BCUT2D eigenvalue weighted by Gasteiger charge is 2.38. The minimum Gasteiger partial charge on any atom is -0.481 e. The quantitative estimate of drug-likeness (QED) is 0.809. The molecule has 100 valence electrons. The predicted molar refractivity (Wildman–Crippen MR) is 68.2 cm³/mol. The van der Waals surface area contributed by atoms with Gasteiger partial charge in [-0.3, -0.25) is 9.69 Å². The molecule has 18 heavy (non-hydrogen) atoms. The van der Waals surface area contributed by atoms with Crippen LogP contribution >= 0.6 is 0 Å². The smallest absolute Gasteiger partial charge is 0.310 e. The first kappa shape index (κ1) is 13.1. The van der Waals surface area contributed by atoms with Crippen molar-refractivity contribution in [2.75, 3.05) is 6.54 Å². The summed E-state index contributed by atoms with van der Waals surface area (Å²) in [5, 5.41) is 9.36. The Balaban J connectivity index is 2.04. The third-order valence-electron chi connectivity index (χ3n) is 3.85. The van der Waals surface area contributed by atoms with E-state index in [-0.39, 0.29) is 0 Å². The Morgan fingerprint density at radius 2 is 2.33 bits per heavy atom. The van der Waals surface area contributed by atoms with Crippen LogP contribution in [0, 0.1) is 5.41 Å². The molecular formula is C14H21NO3. The fourth-order valence-electron chi connectivity index (χ4n) is 2.14. The molecule has 2 rings (SSSR count). The van der Waals surface area contributed by atoms with Crippen molar-refractivity contribution in [2.24, 2.45) is 5.41 Å². The zero-order chi connectivity index (χ0) is 13.2. The van der Waals surface area contributed by atoms with E-state index in [9.17, 15) is 9.90 Å². The van der Waals surface area contributed by atoms with Crippen LogP contribution in [0.3, 0.4) is 0 Å². The lowest BCUT2D eigenvalue weighted by atomic mass is 9.87. The van der Waals surface area contributed by atoms with Crippen LogP contribution in [0.25, 0.3) is 0 Å². The molecule has 0 saturated heterocycles. The van der Waals surface area contributed by atoms with Crippen LogP contribution in [0.1, 0.15) is 38.9 Å². The minimum absolute atomic E-state index is 0.528. The van der Waals surface area contributed by atoms with E-state index in [1.165, 1.54) is 12.8 Å². The van der Waals surface area contributed by atoms with Crippen molar-refractivity contribution in [3.8, 4) is 0 Å². The molecule has 1 aliphatic rings. The highest BCUT2D eigenvalue weighted by molar-refractivity contribution is 5.74. The number of carboxylic acids is 1. The van der Waals surface area contributed by atoms with Crippen LogP contribution < -0.4 is 0 Å². The molecule has 0 aromatic carbocycles. The molecule has 0 aliphatic heterocycles. The summed E-state index contributed by atoms with van der Waals surface area (Å²) in [5.74, 6) is 0.195. The van der Waals surface area contributed by atoms with Crippen LogP contribution in [0.5, 0.6) is 0 Å². The van der Waals surface area contributed by atoms with Gasteiger partial charge < -0.3 is 9.52 Å². The van der Waals surface area contributed by atoms with E-state index in [0.717, 1.165) is 5.76 Å². The van der Waals surface area contributed by atoms with Gasteiger partial charge in [0.15, 0.2) is 0 Å². The number of furan rings is 1. The number of carbonyl (C=O) groups is 1. The Morgan fingerprint density at radius 1 is 1.61 bits per heavy atom. The van der Waals surface area contributed by atoms with E-state index >= 15 is 0 Å². The fourth-order valence-corrected chi connectivity index (χ4v) is 2.14. The third kappa shape index (κ3) is 2.93. The van der Waals surface area contributed by atoms with Gasteiger partial charge in [0.25, 0.3) is 0 Å². The SMILES string of the molecule is CCC(C)(CN(Cc1ccco1)C1CC1)C(=O)O. The summed E-state index contributed by atoms with van der Waals surface area (Å²) in [7, 11) is 0. The molecule has 1 atom stereocenters. The molecule has 1 unspecified atom stereocenters. The third-order valence-corrected chi connectivity index (χ3v) is 3.85. The molecule has 1 aromatic heterocycles. The lowest BCUT2D eigenvalue weighted by Gasteiger charge is -2.31. The van der Waals surface area contributed by atoms with Gasteiger partial charge in [-0.2, -0.15) is 0 Å². The maximum Gasteiger partial charge on any atom is 0.310 e. The van der Waals surface area contributed by atoms with Gasteiger partial charge in [-0.25, -0.2) is 0 Å². The lowest BCUT2D eigenvalue weighted by Crippen LogP contribution is -2.41. The largest absolute Gasteiger partial charge is 0.481 e. The molecule has 1 fully saturated rings. The average Bonchev–Trinajstić information content (AvgIpc) is 3.07. The summed E-state index contributed by atoms with van der Waals surface area (Å²) in [6.45, 7) is 5.06. The number of hydrogen-bond acceptors (Lipinski definition) is 3. The summed E-state index contributed by atoms with van der Waals surface area (Å²) in [5.41, 5.74) is -0.671. The van der Waals surface area contributed by atoms with Gasteiger partial charge in [-0.15, -0.1) is 0 Å². The monoisotopic (exact) mass is 251 g/mol. The van der Waals surface area contributed by atoms with E-state index in [2.05, 4.69) is 4.90 Å². The van der Waals surface area contributed by atoms with E-state index in [1.807, 2.05) is 26.0 Å². The van der Waals surface area contributed by atoms with Crippen molar-refractivity contribution in [3.05, 3.63) is 24.2 Å². The van der Waals surface area contributed by atoms with Crippen molar-refractivity contribution in [1.29, 1.82) is 0 Å². The molecule has 4 heteroatoms. The van der Waals surface area contributed by atoms with Crippen LogP contribution in [-0.4, -0.2) is 28.6 Å². The summed E-state index contributed by atoms with van der Waals surface area (Å²) < 4.78 is 5.36. The van der Waals surface area contributed by atoms with Crippen molar-refractivity contribution >= 4 is 5.97 Å². The van der Waals surface area contributed by atoms with Crippen molar-refractivity contribution in [3.63, 3.8) is 0 Å². The topological polar surface area (TPSA) is 53.7 Å². The first-order valence-electron chi connectivity index (χ1n) is 6.55. The normalized spacial score (nSPS) is 18.8. The highest BCUT2D eigenvalue weighted by atomic mass is 16.4. The Kier molecular flexibility index (Phi) is 3.76. The molecular weight excluding hydrogens is 230 g/mol. The van der Waals surface area contributed by atoms with E-state index in [1.54, 1.807) is 6.26 Å². The Labute approximate surface area is 108 Å². The molecule has 0 bridgehead atoms. The first-order chi connectivity index (χ1) is 8.55. The molecule has 0 spiro atoms. The fraction of sp³-hybridized carbons (Fsp3) is 0.643. The molecule has 1 N–H and O–H groups in total. The van der Waals surface area contributed by atoms with E-state index in [4.69, 9.17) is 4.42 Å². The Bertz CT molecular complexity index is 397. The van der Waals surface area contributed by atoms with Crippen molar-refractivity contribution < 1.29 is 14.3 Å². The second-order valence-electron chi connectivity index (χ2n) is 5.43. The summed E-state index contributed by atoms with van der Waals surface area (Å²) >= 11 is 0. The van der Waals surface area contributed by atoms with Gasteiger partial charge in [0.05, 0.1) is 18.2 Å². The number of hydrogen-bond donors (Lipinski definition) is 1. The van der Waals surface area contributed by atoms with Crippen molar-refractivity contribution in [1.82, 2.24) is 4.90 Å². The van der Waals surface area contributed by atoms with Gasteiger partial charge in [-0.1, -0.05) is 6.92 Å². The van der Waals surface area contributed by atoms with Crippen molar-refractivity contribution in [2.45, 2.75) is 45.7 Å². The van der Waals surface area contributed by atoms with Crippen LogP contribution in [0.2, 0.25) is 0 Å². The predicted octanol–water partition coefficient (Wildman–Crippen LogP) is 2.74. The number of carboxylic acid groups (broad SMARTS) is 1. The first-order valence-corrected chi connectivity index (χ1v) is 6.55. The second-order valence-corrected chi connectivity index (χ2v) is 5.43. The zero-order valence-corrected chi connectivity index (χ0v) is 11.1.